The SMILES string of the molecule is Cc1ccc([C@@H]2CCC[C@H]2N(C)Cc2cc(=O)c(O)co2)cc1. The Bertz CT molecular complexity index is 720. The summed E-state index contributed by atoms with van der Waals surface area (Å²) in [5.41, 5.74) is 2.28. The Labute approximate surface area is 136 Å². The first-order chi connectivity index (χ1) is 11.0. The summed E-state index contributed by atoms with van der Waals surface area (Å²) in [5.74, 6) is 0.768. The van der Waals surface area contributed by atoms with E-state index < -0.39 is 0 Å². The third-order valence-corrected chi connectivity index (χ3v) is 4.82. The van der Waals surface area contributed by atoms with Crippen molar-refractivity contribution in [2.75, 3.05) is 7.05 Å². The van der Waals surface area contributed by atoms with Gasteiger partial charge in [-0.05, 0) is 38.3 Å². The van der Waals surface area contributed by atoms with E-state index in [1.807, 2.05) is 0 Å². The monoisotopic (exact) mass is 313 g/mol. The lowest BCUT2D eigenvalue weighted by Gasteiger charge is -2.29. The number of aromatic hydroxyl groups is 1. The Hall–Kier alpha value is -2.07. The third-order valence-electron chi connectivity index (χ3n) is 4.82. The first-order valence-corrected chi connectivity index (χ1v) is 8.12. The van der Waals surface area contributed by atoms with Crippen LogP contribution in [-0.2, 0) is 6.54 Å². The number of rotatable bonds is 4. The molecule has 1 fully saturated rings. The Morgan fingerprint density at radius 2 is 2.00 bits per heavy atom. The molecule has 1 N–H and O–H groups in total. The second-order valence-electron chi connectivity index (χ2n) is 6.53. The van der Waals surface area contributed by atoms with E-state index in [2.05, 4.69) is 43.1 Å². The lowest BCUT2D eigenvalue weighted by Crippen LogP contribution is -2.33. The average molecular weight is 313 g/mol. The Balaban J connectivity index is 1.75. The number of likely N-dealkylation sites (N-methyl/N-ethyl adjacent to an activating group) is 1. The summed E-state index contributed by atoms with van der Waals surface area (Å²) in [4.78, 5) is 13.8. The van der Waals surface area contributed by atoms with Gasteiger partial charge in [0.05, 0.1) is 6.54 Å². The molecule has 1 aromatic heterocycles. The molecule has 1 aliphatic rings. The highest BCUT2D eigenvalue weighted by Gasteiger charge is 2.31. The number of nitrogens with zero attached hydrogens (tertiary/aromatic N) is 1. The molecule has 0 radical (unpaired) electrons. The molecule has 0 aliphatic heterocycles. The van der Waals surface area contributed by atoms with Gasteiger partial charge in [0.2, 0.25) is 5.43 Å². The normalized spacial score (nSPS) is 21.0. The number of aryl methyl sites for hydroxylation is 1. The fourth-order valence-corrected chi connectivity index (χ4v) is 3.56. The molecule has 3 rings (SSSR count). The van der Waals surface area contributed by atoms with Gasteiger partial charge in [0.1, 0.15) is 12.0 Å². The highest BCUT2D eigenvalue weighted by molar-refractivity contribution is 5.27. The summed E-state index contributed by atoms with van der Waals surface area (Å²) >= 11 is 0. The molecular weight excluding hydrogens is 290 g/mol. The Morgan fingerprint density at radius 1 is 1.26 bits per heavy atom. The smallest absolute Gasteiger partial charge is 0.226 e. The first kappa shape index (κ1) is 15.8. The maximum atomic E-state index is 11.5. The molecule has 122 valence electrons. The largest absolute Gasteiger partial charge is 0.502 e. The van der Waals surface area contributed by atoms with Crippen LogP contribution in [0.25, 0.3) is 0 Å². The van der Waals surface area contributed by atoms with Crippen LogP contribution < -0.4 is 5.43 Å². The van der Waals surface area contributed by atoms with Gasteiger partial charge >= 0.3 is 0 Å². The molecule has 1 aliphatic carbocycles. The summed E-state index contributed by atoms with van der Waals surface area (Å²) in [7, 11) is 2.07. The molecule has 2 atom stereocenters. The van der Waals surface area contributed by atoms with Crippen LogP contribution in [0, 0.1) is 6.92 Å². The summed E-state index contributed by atoms with van der Waals surface area (Å²) in [6, 6.07) is 10.6. The zero-order valence-electron chi connectivity index (χ0n) is 13.7. The summed E-state index contributed by atoms with van der Waals surface area (Å²) < 4.78 is 5.33. The van der Waals surface area contributed by atoms with Crippen molar-refractivity contribution in [3.8, 4) is 5.75 Å². The minimum atomic E-state index is -0.388. The molecule has 0 unspecified atom stereocenters. The molecule has 4 nitrogen and oxygen atoms in total. The highest BCUT2D eigenvalue weighted by Crippen LogP contribution is 2.37. The fraction of sp³-hybridized carbons (Fsp3) is 0.421. The Morgan fingerprint density at radius 3 is 2.70 bits per heavy atom. The molecule has 0 saturated heterocycles. The standard InChI is InChI=1S/C19H23NO3/c1-13-6-8-14(9-7-13)16-4-3-5-17(16)20(2)11-15-10-18(21)19(22)12-23-15/h6-10,12,16-17,22H,3-5,11H2,1-2H3/t16-,17+/m0/s1. The van der Waals surface area contributed by atoms with E-state index in [9.17, 15) is 9.90 Å². The lowest BCUT2D eigenvalue weighted by molar-refractivity contribution is 0.201. The van der Waals surface area contributed by atoms with E-state index in [-0.39, 0.29) is 11.2 Å². The molecule has 1 aromatic carbocycles. The van der Waals surface area contributed by atoms with Gasteiger partial charge in [0.25, 0.3) is 0 Å². The predicted molar refractivity (Wildman–Crippen MR) is 89.7 cm³/mol. The van der Waals surface area contributed by atoms with Gasteiger partial charge in [-0.15, -0.1) is 0 Å². The van der Waals surface area contributed by atoms with Crippen molar-refractivity contribution in [3.63, 3.8) is 0 Å². The van der Waals surface area contributed by atoms with Gasteiger partial charge < -0.3 is 9.52 Å². The topological polar surface area (TPSA) is 53.7 Å². The molecule has 0 spiro atoms. The van der Waals surface area contributed by atoms with Crippen molar-refractivity contribution in [2.24, 2.45) is 0 Å². The van der Waals surface area contributed by atoms with Crippen molar-refractivity contribution >= 4 is 0 Å². The Kier molecular flexibility index (Phi) is 4.53. The second-order valence-corrected chi connectivity index (χ2v) is 6.53. The molecule has 4 heteroatoms. The van der Waals surface area contributed by atoms with Crippen molar-refractivity contribution in [3.05, 3.63) is 63.7 Å². The van der Waals surface area contributed by atoms with Gasteiger partial charge in [-0.3, -0.25) is 9.69 Å². The third kappa shape index (κ3) is 3.48. The number of hydrogen-bond acceptors (Lipinski definition) is 4. The second kappa shape index (κ2) is 6.59. The van der Waals surface area contributed by atoms with Gasteiger partial charge in [0.15, 0.2) is 5.75 Å². The fourth-order valence-electron chi connectivity index (χ4n) is 3.56. The van der Waals surface area contributed by atoms with Crippen molar-refractivity contribution in [1.82, 2.24) is 4.90 Å². The van der Waals surface area contributed by atoms with Crippen LogP contribution in [0.4, 0.5) is 0 Å². The maximum Gasteiger partial charge on any atom is 0.226 e. The molecular formula is C19H23NO3. The van der Waals surface area contributed by atoms with Gasteiger partial charge in [0, 0.05) is 12.1 Å². The van der Waals surface area contributed by atoms with Crippen LogP contribution >= 0.6 is 0 Å². The van der Waals surface area contributed by atoms with E-state index in [0.717, 1.165) is 12.7 Å². The molecule has 1 heterocycles. The minimum absolute atomic E-state index is 0.338. The molecule has 23 heavy (non-hydrogen) atoms. The number of hydrogen-bond donors (Lipinski definition) is 1. The molecule has 0 amide bonds. The van der Waals surface area contributed by atoms with E-state index >= 15 is 0 Å². The van der Waals surface area contributed by atoms with Crippen LogP contribution in [0.15, 0.2) is 45.8 Å². The van der Waals surface area contributed by atoms with E-state index in [0.29, 0.717) is 24.3 Å². The van der Waals surface area contributed by atoms with Crippen LogP contribution in [0.3, 0.4) is 0 Å². The van der Waals surface area contributed by atoms with Gasteiger partial charge in [-0.2, -0.15) is 0 Å². The zero-order valence-corrected chi connectivity index (χ0v) is 13.7. The summed E-state index contributed by atoms with van der Waals surface area (Å²) in [5, 5.41) is 9.28. The maximum absolute atomic E-state index is 11.5. The van der Waals surface area contributed by atoms with Crippen LogP contribution in [0.1, 0.15) is 42.1 Å². The quantitative estimate of drug-likeness (QED) is 0.939. The molecule has 2 aromatic rings. The van der Waals surface area contributed by atoms with E-state index in [1.54, 1.807) is 0 Å². The van der Waals surface area contributed by atoms with Crippen molar-refractivity contribution in [2.45, 2.75) is 44.7 Å². The predicted octanol–water partition coefficient (Wildman–Crippen LogP) is 3.42. The minimum Gasteiger partial charge on any atom is -0.502 e. The number of benzene rings is 1. The van der Waals surface area contributed by atoms with Crippen molar-refractivity contribution < 1.29 is 9.52 Å². The molecule has 0 bridgehead atoms. The zero-order chi connectivity index (χ0) is 16.4. The average Bonchev–Trinajstić information content (AvgIpc) is 3.01. The highest BCUT2D eigenvalue weighted by atomic mass is 16.4. The van der Waals surface area contributed by atoms with Crippen molar-refractivity contribution in [1.29, 1.82) is 0 Å². The van der Waals surface area contributed by atoms with E-state index in [1.165, 1.54) is 30.0 Å². The van der Waals surface area contributed by atoms with Crippen LogP contribution in [-0.4, -0.2) is 23.1 Å². The van der Waals surface area contributed by atoms with Gasteiger partial charge in [-0.25, -0.2) is 0 Å². The lowest BCUT2D eigenvalue weighted by atomic mass is 9.92. The van der Waals surface area contributed by atoms with E-state index in [4.69, 9.17) is 4.42 Å². The molecule has 1 saturated carbocycles. The van der Waals surface area contributed by atoms with Crippen LogP contribution in [0.5, 0.6) is 5.75 Å². The van der Waals surface area contributed by atoms with Crippen LogP contribution in [0.2, 0.25) is 0 Å². The van der Waals surface area contributed by atoms with Gasteiger partial charge in [-0.1, -0.05) is 36.2 Å². The summed E-state index contributed by atoms with van der Waals surface area (Å²) in [6.07, 6.45) is 4.68. The summed E-state index contributed by atoms with van der Waals surface area (Å²) in [6.45, 7) is 2.68. The first-order valence-electron chi connectivity index (χ1n) is 8.12.